The lowest BCUT2D eigenvalue weighted by molar-refractivity contribution is -0.143. The number of rotatable bonds is 3. The molecule has 3 fully saturated rings. The van der Waals surface area contributed by atoms with Crippen molar-refractivity contribution in [1.29, 1.82) is 0 Å². The molecule has 2 saturated heterocycles. The molecule has 1 amide bonds. The smallest absolute Gasteiger partial charge is 0.350 e. The Morgan fingerprint density at radius 1 is 1.07 bits per heavy atom. The van der Waals surface area contributed by atoms with Crippen LogP contribution in [-0.4, -0.2) is 43.4 Å². The van der Waals surface area contributed by atoms with Crippen molar-refractivity contribution in [3.8, 4) is 0 Å². The summed E-state index contributed by atoms with van der Waals surface area (Å²) in [6.45, 7) is 2.44. The molecule has 0 aromatic heterocycles. The number of carbonyl (C=O) groups excluding carboxylic acids is 1. The van der Waals surface area contributed by atoms with Gasteiger partial charge in [-0.3, -0.25) is 4.79 Å². The predicted molar refractivity (Wildman–Crippen MR) is 96.6 cm³/mol. The average molecular weight is 397 g/mol. The van der Waals surface area contributed by atoms with Crippen LogP contribution >= 0.6 is 0 Å². The largest absolute Gasteiger partial charge is 0.416 e. The van der Waals surface area contributed by atoms with Crippen molar-refractivity contribution in [2.24, 2.45) is 5.92 Å². The molecule has 28 heavy (non-hydrogen) atoms. The molecule has 1 aromatic rings. The van der Waals surface area contributed by atoms with E-state index in [1.165, 1.54) is 12.1 Å². The van der Waals surface area contributed by atoms with E-state index in [1.54, 1.807) is 6.07 Å². The Balaban J connectivity index is 1.52. The molecule has 0 unspecified atom stereocenters. The van der Waals surface area contributed by atoms with Crippen molar-refractivity contribution >= 4 is 5.91 Å². The number of benzene rings is 1. The fourth-order valence-electron chi connectivity index (χ4n) is 4.92. The second-order valence-corrected chi connectivity index (χ2v) is 8.11. The van der Waals surface area contributed by atoms with Crippen molar-refractivity contribution in [1.82, 2.24) is 4.90 Å². The standard InChI is InChI=1S/C21H26F3NO3/c22-21(23,24)17-5-3-4-16(14-17)20(8-1-2-9-20)19(26)25-10-6-15(7-11-25)18-27-12-13-28-18/h3-5,14-15,18H,1-2,6-13H2. The number of halogens is 3. The van der Waals surface area contributed by atoms with E-state index in [1.807, 2.05) is 4.90 Å². The molecular formula is C21H26F3NO3. The summed E-state index contributed by atoms with van der Waals surface area (Å²) in [4.78, 5) is 15.3. The van der Waals surface area contributed by atoms with Crippen molar-refractivity contribution in [2.75, 3.05) is 26.3 Å². The molecular weight excluding hydrogens is 371 g/mol. The predicted octanol–water partition coefficient (Wildman–Crippen LogP) is 4.13. The van der Waals surface area contributed by atoms with Crippen LogP contribution in [0.25, 0.3) is 0 Å². The van der Waals surface area contributed by atoms with Gasteiger partial charge < -0.3 is 14.4 Å². The van der Waals surface area contributed by atoms with Crippen LogP contribution in [0.3, 0.4) is 0 Å². The van der Waals surface area contributed by atoms with Crippen LogP contribution in [0.5, 0.6) is 0 Å². The Morgan fingerprint density at radius 2 is 1.71 bits per heavy atom. The first kappa shape index (κ1) is 19.7. The zero-order valence-electron chi connectivity index (χ0n) is 15.8. The van der Waals surface area contributed by atoms with Gasteiger partial charge in [0.25, 0.3) is 0 Å². The van der Waals surface area contributed by atoms with Gasteiger partial charge in [0.1, 0.15) is 0 Å². The minimum absolute atomic E-state index is 0.0176. The van der Waals surface area contributed by atoms with Crippen LogP contribution in [0.15, 0.2) is 24.3 Å². The van der Waals surface area contributed by atoms with Crippen LogP contribution in [-0.2, 0) is 25.9 Å². The first-order chi connectivity index (χ1) is 13.4. The van der Waals surface area contributed by atoms with Gasteiger partial charge in [0.15, 0.2) is 6.29 Å². The topological polar surface area (TPSA) is 38.8 Å². The van der Waals surface area contributed by atoms with E-state index in [9.17, 15) is 18.0 Å². The molecule has 0 spiro atoms. The highest BCUT2D eigenvalue weighted by Gasteiger charge is 2.46. The molecule has 7 heteroatoms. The van der Waals surface area contributed by atoms with E-state index in [-0.39, 0.29) is 18.1 Å². The lowest BCUT2D eigenvalue weighted by atomic mass is 9.76. The first-order valence-electron chi connectivity index (χ1n) is 10.1. The maximum absolute atomic E-state index is 13.5. The second kappa shape index (κ2) is 7.67. The molecule has 1 saturated carbocycles. The van der Waals surface area contributed by atoms with Gasteiger partial charge in [-0.1, -0.05) is 31.0 Å². The minimum Gasteiger partial charge on any atom is -0.350 e. The number of amides is 1. The highest BCUT2D eigenvalue weighted by atomic mass is 19.4. The van der Waals surface area contributed by atoms with Gasteiger partial charge in [0, 0.05) is 19.0 Å². The molecule has 154 valence electrons. The quantitative estimate of drug-likeness (QED) is 0.770. The highest BCUT2D eigenvalue weighted by Crippen LogP contribution is 2.44. The number of nitrogens with zero attached hydrogens (tertiary/aromatic N) is 1. The highest BCUT2D eigenvalue weighted by molar-refractivity contribution is 5.88. The molecule has 0 N–H and O–H groups in total. The number of hydrogen-bond donors (Lipinski definition) is 0. The van der Waals surface area contributed by atoms with Crippen LogP contribution in [0.1, 0.15) is 49.7 Å². The van der Waals surface area contributed by atoms with Crippen LogP contribution in [0.2, 0.25) is 0 Å². The van der Waals surface area contributed by atoms with Gasteiger partial charge in [-0.25, -0.2) is 0 Å². The van der Waals surface area contributed by atoms with Gasteiger partial charge in [-0.15, -0.1) is 0 Å². The molecule has 0 bridgehead atoms. The van der Waals surface area contributed by atoms with Gasteiger partial charge in [0.2, 0.25) is 5.91 Å². The van der Waals surface area contributed by atoms with Gasteiger partial charge in [-0.2, -0.15) is 13.2 Å². The molecule has 0 atom stereocenters. The maximum atomic E-state index is 13.5. The lowest BCUT2D eigenvalue weighted by Crippen LogP contribution is -2.49. The maximum Gasteiger partial charge on any atom is 0.416 e. The van der Waals surface area contributed by atoms with Crippen LogP contribution < -0.4 is 0 Å². The zero-order valence-corrected chi connectivity index (χ0v) is 15.8. The summed E-state index contributed by atoms with van der Waals surface area (Å²) in [6.07, 6.45) is -0.0298. The molecule has 2 heterocycles. The summed E-state index contributed by atoms with van der Waals surface area (Å²) in [6, 6.07) is 5.36. The number of carbonyl (C=O) groups is 1. The number of alkyl halides is 3. The fourth-order valence-corrected chi connectivity index (χ4v) is 4.92. The molecule has 3 aliphatic rings. The van der Waals surface area contributed by atoms with E-state index in [0.717, 1.165) is 31.7 Å². The van der Waals surface area contributed by atoms with E-state index >= 15 is 0 Å². The average Bonchev–Trinajstić information content (AvgIpc) is 3.40. The van der Waals surface area contributed by atoms with E-state index in [0.29, 0.717) is 44.7 Å². The van der Waals surface area contributed by atoms with Crippen molar-refractivity contribution < 1.29 is 27.4 Å². The van der Waals surface area contributed by atoms with E-state index in [2.05, 4.69) is 0 Å². The summed E-state index contributed by atoms with van der Waals surface area (Å²) >= 11 is 0. The Hall–Kier alpha value is -1.60. The first-order valence-corrected chi connectivity index (χ1v) is 10.1. The Morgan fingerprint density at radius 3 is 2.32 bits per heavy atom. The van der Waals surface area contributed by atoms with Crippen molar-refractivity contribution in [2.45, 2.75) is 56.4 Å². The monoisotopic (exact) mass is 397 g/mol. The van der Waals surface area contributed by atoms with Crippen molar-refractivity contribution in [3.63, 3.8) is 0 Å². The van der Waals surface area contributed by atoms with E-state index < -0.39 is 17.2 Å². The number of piperidine rings is 1. The van der Waals surface area contributed by atoms with Crippen molar-refractivity contribution in [3.05, 3.63) is 35.4 Å². The second-order valence-electron chi connectivity index (χ2n) is 8.11. The Kier molecular flexibility index (Phi) is 5.40. The molecule has 2 aliphatic heterocycles. The molecule has 1 aliphatic carbocycles. The lowest BCUT2D eigenvalue weighted by Gasteiger charge is -2.39. The summed E-state index contributed by atoms with van der Waals surface area (Å²) < 4.78 is 50.8. The van der Waals surface area contributed by atoms with Crippen LogP contribution in [0, 0.1) is 5.92 Å². The Labute approximate surface area is 163 Å². The third-order valence-electron chi connectivity index (χ3n) is 6.47. The molecule has 1 aromatic carbocycles. The molecule has 0 radical (unpaired) electrons. The SMILES string of the molecule is O=C(N1CCC(C2OCCO2)CC1)C1(c2cccc(C(F)(F)F)c2)CCCC1. The van der Waals surface area contributed by atoms with Gasteiger partial charge >= 0.3 is 6.18 Å². The summed E-state index contributed by atoms with van der Waals surface area (Å²) in [5, 5.41) is 0. The Bertz CT molecular complexity index is 701. The summed E-state index contributed by atoms with van der Waals surface area (Å²) in [7, 11) is 0. The molecule has 4 rings (SSSR count). The third-order valence-corrected chi connectivity index (χ3v) is 6.47. The van der Waals surface area contributed by atoms with Crippen LogP contribution in [0.4, 0.5) is 13.2 Å². The normalized spacial score (nSPS) is 24.0. The van der Waals surface area contributed by atoms with Gasteiger partial charge in [0.05, 0.1) is 24.2 Å². The fraction of sp³-hybridized carbons (Fsp3) is 0.667. The number of ether oxygens (including phenoxy) is 2. The van der Waals surface area contributed by atoms with Gasteiger partial charge in [-0.05, 0) is 37.3 Å². The van der Waals surface area contributed by atoms with E-state index in [4.69, 9.17) is 9.47 Å². The number of hydrogen-bond acceptors (Lipinski definition) is 3. The number of likely N-dealkylation sites (tertiary alicyclic amines) is 1. The summed E-state index contributed by atoms with van der Waals surface area (Å²) in [5.74, 6) is 0.260. The summed E-state index contributed by atoms with van der Waals surface area (Å²) in [5.41, 5.74) is -0.998. The zero-order chi connectivity index (χ0) is 19.8. The minimum atomic E-state index is -4.40. The molecule has 4 nitrogen and oxygen atoms in total. The third kappa shape index (κ3) is 3.66.